The Morgan fingerprint density at radius 3 is 2.35 bits per heavy atom. The lowest BCUT2D eigenvalue weighted by Gasteiger charge is -2.12. The summed E-state index contributed by atoms with van der Waals surface area (Å²) >= 11 is 6.14. The van der Waals surface area contributed by atoms with Crippen LogP contribution in [0.4, 0.5) is 13.2 Å². The van der Waals surface area contributed by atoms with Crippen molar-refractivity contribution in [2.75, 3.05) is 7.11 Å². The number of halogens is 4. The standard InChI is InChI=1S/C15H12ClF3O/c1-20-10-3-4-11(14(18)8-10)12(16)6-9-2-5-13(17)15(19)7-9/h2-5,7-8,12H,6H2,1H3. The second-order valence-electron chi connectivity index (χ2n) is 4.31. The second kappa shape index (κ2) is 6.18. The van der Waals surface area contributed by atoms with E-state index in [9.17, 15) is 13.2 Å². The van der Waals surface area contributed by atoms with Gasteiger partial charge in [0.2, 0.25) is 0 Å². The van der Waals surface area contributed by atoms with Crippen molar-refractivity contribution in [3.8, 4) is 5.75 Å². The molecule has 1 nitrogen and oxygen atoms in total. The fourth-order valence-electron chi connectivity index (χ4n) is 1.87. The van der Waals surface area contributed by atoms with Crippen LogP contribution in [0.2, 0.25) is 0 Å². The fraction of sp³-hybridized carbons (Fsp3) is 0.200. The molecular weight excluding hydrogens is 289 g/mol. The van der Waals surface area contributed by atoms with Gasteiger partial charge in [-0.1, -0.05) is 12.1 Å². The Labute approximate surface area is 119 Å². The molecule has 1 unspecified atom stereocenters. The minimum absolute atomic E-state index is 0.196. The van der Waals surface area contributed by atoms with E-state index < -0.39 is 22.8 Å². The van der Waals surface area contributed by atoms with Gasteiger partial charge in [-0.3, -0.25) is 0 Å². The van der Waals surface area contributed by atoms with E-state index in [4.69, 9.17) is 16.3 Å². The van der Waals surface area contributed by atoms with Crippen LogP contribution in [0.1, 0.15) is 16.5 Å². The summed E-state index contributed by atoms with van der Waals surface area (Å²) in [5.74, 6) is -1.97. The molecule has 2 rings (SSSR count). The van der Waals surface area contributed by atoms with Crippen molar-refractivity contribution in [2.24, 2.45) is 0 Å². The first-order valence-corrected chi connectivity index (χ1v) is 6.36. The molecule has 0 aliphatic heterocycles. The number of hydrogen-bond donors (Lipinski definition) is 0. The van der Waals surface area contributed by atoms with Gasteiger partial charge in [0, 0.05) is 11.6 Å². The first kappa shape index (κ1) is 14.7. The van der Waals surface area contributed by atoms with Crippen LogP contribution in [0.15, 0.2) is 36.4 Å². The lowest BCUT2D eigenvalue weighted by atomic mass is 10.0. The van der Waals surface area contributed by atoms with E-state index >= 15 is 0 Å². The van der Waals surface area contributed by atoms with Gasteiger partial charge in [0.25, 0.3) is 0 Å². The molecule has 0 aliphatic rings. The average Bonchev–Trinajstić information content (AvgIpc) is 2.42. The Balaban J connectivity index is 2.19. The van der Waals surface area contributed by atoms with Crippen LogP contribution in [0.25, 0.3) is 0 Å². The van der Waals surface area contributed by atoms with Crippen LogP contribution in [0.3, 0.4) is 0 Å². The number of benzene rings is 2. The number of methoxy groups -OCH3 is 1. The predicted molar refractivity (Wildman–Crippen MR) is 71.6 cm³/mol. The maximum atomic E-state index is 13.8. The first-order valence-electron chi connectivity index (χ1n) is 5.92. The summed E-state index contributed by atoms with van der Waals surface area (Å²) in [5.41, 5.74) is 0.788. The van der Waals surface area contributed by atoms with Gasteiger partial charge in [-0.25, -0.2) is 13.2 Å². The van der Waals surface area contributed by atoms with Crippen LogP contribution in [-0.2, 0) is 6.42 Å². The van der Waals surface area contributed by atoms with E-state index in [0.717, 1.165) is 12.1 Å². The molecule has 0 bridgehead atoms. The third kappa shape index (κ3) is 3.25. The van der Waals surface area contributed by atoms with Gasteiger partial charge in [0.05, 0.1) is 12.5 Å². The minimum atomic E-state index is -0.943. The molecule has 5 heteroatoms. The smallest absolute Gasteiger partial charge is 0.159 e. The van der Waals surface area contributed by atoms with Crippen LogP contribution in [0, 0.1) is 17.5 Å². The first-order chi connectivity index (χ1) is 9.51. The Morgan fingerprint density at radius 2 is 1.75 bits per heavy atom. The number of hydrogen-bond acceptors (Lipinski definition) is 1. The van der Waals surface area contributed by atoms with E-state index in [-0.39, 0.29) is 12.0 Å². The number of alkyl halides is 1. The van der Waals surface area contributed by atoms with Gasteiger partial charge in [-0.2, -0.15) is 0 Å². The Morgan fingerprint density at radius 1 is 1.00 bits per heavy atom. The summed E-state index contributed by atoms with van der Waals surface area (Å²) in [6, 6.07) is 7.86. The molecule has 0 N–H and O–H groups in total. The van der Waals surface area contributed by atoms with Gasteiger partial charge in [0.1, 0.15) is 11.6 Å². The van der Waals surface area contributed by atoms with Gasteiger partial charge in [-0.15, -0.1) is 11.6 Å². The molecule has 0 saturated carbocycles. The Kier molecular flexibility index (Phi) is 4.55. The molecule has 0 amide bonds. The highest BCUT2D eigenvalue weighted by atomic mass is 35.5. The minimum Gasteiger partial charge on any atom is -0.497 e. The quantitative estimate of drug-likeness (QED) is 0.748. The lowest BCUT2D eigenvalue weighted by Crippen LogP contribution is -2.00. The van der Waals surface area contributed by atoms with Crippen molar-refractivity contribution in [2.45, 2.75) is 11.8 Å². The molecule has 0 fully saturated rings. The summed E-state index contributed by atoms with van der Waals surface area (Å²) in [5, 5.41) is -0.675. The summed E-state index contributed by atoms with van der Waals surface area (Å²) in [4.78, 5) is 0. The third-order valence-electron chi connectivity index (χ3n) is 2.94. The maximum absolute atomic E-state index is 13.8. The second-order valence-corrected chi connectivity index (χ2v) is 4.83. The lowest BCUT2D eigenvalue weighted by molar-refractivity contribution is 0.410. The molecule has 106 valence electrons. The van der Waals surface area contributed by atoms with E-state index in [2.05, 4.69) is 0 Å². The van der Waals surface area contributed by atoms with E-state index in [1.54, 1.807) is 6.07 Å². The fourth-order valence-corrected chi connectivity index (χ4v) is 2.23. The maximum Gasteiger partial charge on any atom is 0.159 e. The van der Waals surface area contributed by atoms with E-state index in [0.29, 0.717) is 11.3 Å². The average molecular weight is 301 g/mol. The zero-order valence-electron chi connectivity index (χ0n) is 10.7. The highest BCUT2D eigenvalue weighted by Gasteiger charge is 2.15. The Bertz CT molecular complexity index is 616. The van der Waals surface area contributed by atoms with Crippen molar-refractivity contribution < 1.29 is 17.9 Å². The number of rotatable bonds is 4. The molecule has 0 heterocycles. The van der Waals surface area contributed by atoms with Gasteiger partial charge < -0.3 is 4.74 Å². The largest absolute Gasteiger partial charge is 0.497 e. The molecule has 20 heavy (non-hydrogen) atoms. The van der Waals surface area contributed by atoms with Crippen LogP contribution in [-0.4, -0.2) is 7.11 Å². The van der Waals surface area contributed by atoms with Crippen molar-refractivity contribution >= 4 is 11.6 Å². The third-order valence-corrected chi connectivity index (χ3v) is 3.33. The van der Waals surface area contributed by atoms with Crippen LogP contribution < -0.4 is 4.74 Å². The SMILES string of the molecule is COc1ccc(C(Cl)Cc2ccc(F)c(F)c2)c(F)c1. The van der Waals surface area contributed by atoms with Crippen LogP contribution >= 0.6 is 11.6 Å². The topological polar surface area (TPSA) is 9.23 Å². The Hall–Kier alpha value is -1.68. The molecular formula is C15H12ClF3O. The summed E-state index contributed by atoms with van der Waals surface area (Å²) < 4.78 is 44.7. The van der Waals surface area contributed by atoms with Crippen molar-refractivity contribution in [1.82, 2.24) is 0 Å². The molecule has 0 saturated heterocycles. The van der Waals surface area contributed by atoms with E-state index in [1.165, 1.54) is 25.3 Å². The van der Waals surface area contributed by atoms with Crippen molar-refractivity contribution in [3.05, 3.63) is 65.0 Å². The highest BCUT2D eigenvalue weighted by Crippen LogP contribution is 2.29. The predicted octanol–water partition coefficient (Wildman–Crippen LogP) is 4.64. The van der Waals surface area contributed by atoms with Crippen molar-refractivity contribution in [1.29, 1.82) is 0 Å². The molecule has 0 aromatic heterocycles. The highest BCUT2D eigenvalue weighted by molar-refractivity contribution is 6.20. The van der Waals surface area contributed by atoms with Gasteiger partial charge in [-0.05, 0) is 30.2 Å². The molecule has 1 atom stereocenters. The molecule has 0 aliphatic carbocycles. The molecule has 2 aromatic carbocycles. The van der Waals surface area contributed by atoms with E-state index in [1.807, 2.05) is 0 Å². The monoisotopic (exact) mass is 300 g/mol. The summed E-state index contributed by atoms with van der Waals surface area (Å²) in [6.07, 6.45) is 0.196. The van der Waals surface area contributed by atoms with Crippen molar-refractivity contribution in [3.63, 3.8) is 0 Å². The zero-order chi connectivity index (χ0) is 14.7. The van der Waals surface area contributed by atoms with Crippen LogP contribution in [0.5, 0.6) is 5.75 Å². The van der Waals surface area contributed by atoms with Gasteiger partial charge >= 0.3 is 0 Å². The molecule has 2 aromatic rings. The summed E-state index contributed by atoms with van der Waals surface area (Å²) in [6.45, 7) is 0. The number of ether oxygens (including phenoxy) is 1. The molecule has 0 radical (unpaired) electrons. The zero-order valence-corrected chi connectivity index (χ0v) is 11.4. The normalized spacial score (nSPS) is 12.2. The molecule has 0 spiro atoms. The van der Waals surface area contributed by atoms with Gasteiger partial charge in [0.15, 0.2) is 11.6 Å². The summed E-state index contributed by atoms with van der Waals surface area (Å²) in [7, 11) is 1.44.